The standard InChI is InChI=1S/C18H25ClN2O7/c1-11(26-16(24)27-17(2,3)10-20)25-15(23)18(4,5)28-21-14(22)12-6-8-13(19)9-7-12/h6-9,11H,10,20H2,1-5H3,(H,21,22). The number of hydroxylamine groups is 1. The van der Waals surface area contributed by atoms with E-state index in [2.05, 4.69) is 5.48 Å². The van der Waals surface area contributed by atoms with Crippen molar-refractivity contribution in [2.24, 2.45) is 5.73 Å². The van der Waals surface area contributed by atoms with Crippen LogP contribution in [0.1, 0.15) is 45.0 Å². The Hall–Kier alpha value is -2.36. The van der Waals surface area contributed by atoms with Gasteiger partial charge in [0.2, 0.25) is 6.29 Å². The summed E-state index contributed by atoms with van der Waals surface area (Å²) in [5, 5.41) is 0.476. The van der Waals surface area contributed by atoms with Gasteiger partial charge in [-0.05, 0) is 52.0 Å². The van der Waals surface area contributed by atoms with E-state index in [0.717, 1.165) is 0 Å². The van der Waals surface area contributed by atoms with E-state index in [1.807, 2.05) is 0 Å². The number of carbonyl (C=O) groups excluding carboxylic acids is 3. The predicted molar refractivity (Wildman–Crippen MR) is 100 cm³/mol. The normalized spacial score (nSPS) is 12.7. The molecule has 0 aliphatic carbocycles. The summed E-state index contributed by atoms with van der Waals surface area (Å²) in [6.07, 6.45) is -2.28. The molecule has 0 bridgehead atoms. The van der Waals surface area contributed by atoms with Gasteiger partial charge in [0.25, 0.3) is 5.91 Å². The van der Waals surface area contributed by atoms with Gasteiger partial charge >= 0.3 is 12.1 Å². The Bertz CT molecular complexity index is 704. The molecule has 0 radical (unpaired) electrons. The average molecular weight is 417 g/mol. The van der Waals surface area contributed by atoms with E-state index < -0.39 is 35.5 Å². The van der Waals surface area contributed by atoms with Crippen LogP contribution in [0.5, 0.6) is 0 Å². The first-order valence-corrected chi connectivity index (χ1v) is 8.79. The van der Waals surface area contributed by atoms with Crippen LogP contribution in [-0.4, -0.2) is 42.1 Å². The molecule has 28 heavy (non-hydrogen) atoms. The lowest BCUT2D eigenvalue weighted by atomic mass is 10.1. The predicted octanol–water partition coefficient (Wildman–Crippen LogP) is 2.56. The molecule has 0 aliphatic rings. The molecular weight excluding hydrogens is 392 g/mol. The van der Waals surface area contributed by atoms with E-state index in [1.165, 1.54) is 32.9 Å². The van der Waals surface area contributed by atoms with Gasteiger partial charge in [-0.15, -0.1) is 0 Å². The molecule has 1 rings (SSSR count). The van der Waals surface area contributed by atoms with Gasteiger partial charge in [-0.2, -0.15) is 0 Å². The Morgan fingerprint density at radius 1 is 1.11 bits per heavy atom. The topological polar surface area (TPSA) is 126 Å². The number of benzene rings is 1. The molecule has 0 saturated carbocycles. The van der Waals surface area contributed by atoms with Gasteiger partial charge in [0.05, 0.1) is 0 Å². The number of rotatable bonds is 8. The molecule has 3 N–H and O–H groups in total. The molecule has 1 atom stereocenters. The van der Waals surface area contributed by atoms with E-state index in [4.69, 9.17) is 36.4 Å². The zero-order valence-corrected chi connectivity index (χ0v) is 17.2. The molecular formula is C18H25ClN2O7. The molecule has 0 fully saturated rings. The maximum atomic E-state index is 12.2. The molecule has 0 saturated heterocycles. The van der Waals surface area contributed by atoms with E-state index in [1.54, 1.807) is 26.0 Å². The number of amides is 1. The highest BCUT2D eigenvalue weighted by Gasteiger charge is 2.34. The number of halogens is 1. The van der Waals surface area contributed by atoms with Crippen LogP contribution in [0.2, 0.25) is 5.02 Å². The van der Waals surface area contributed by atoms with Crippen molar-refractivity contribution >= 4 is 29.6 Å². The fourth-order valence-electron chi connectivity index (χ4n) is 1.62. The Morgan fingerprint density at radius 3 is 2.21 bits per heavy atom. The lowest BCUT2D eigenvalue weighted by molar-refractivity contribution is -0.196. The first kappa shape index (κ1) is 23.7. The molecule has 9 nitrogen and oxygen atoms in total. The lowest BCUT2D eigenvalue weighted by Gasteiger charge is -2.26. The van der Waals surface area contributed by atoms with Crippen LogP contribution < -0.4 is 11.2 Å². The Kier molecular flexibility index (Phi) is 8.22. The van der Waals surface area contributed by atoms with E-state index in [0.29, 0.717) is 5.02 Å². The molecule has 1 aromatic rings. The molecule has 1 unspecified atom stereocenters. The summed E-state index contributed by atoms with van der Waals surface area (Å²) in [6, 6.07) is 6.08. The Labute approximate surface area is 168 Å². The fourth-order valence-corrected chi connectivity index (χ4v) is 1.75. The SMILES string of the molecule is CC(OC(=O)OC(C)(C)CN)OC(=O)C(C)(C)ONC(=O)c1ccc(Cl)cc1. The van der Waals surface area contributed by atoms with E-state index >= 15 is 0 Å². The molecule has 0 aliphatic heterocycles. The zero-order chi connectivity index (χ0) is 21.5. The zero-order valence-electron chi connectivity index (χ0n) is 16.4. The summed E-state index contributed by atoms with van der Waals surface area (Å²) in [4.78, 5) is 41.1. The Balaban J connectivity index is 2.53. The van der Waals surface area contributed by atoms with Crippen LogP contribution in [0.3, 0.4) is 0 Å². The molecule has 0 spiro atoms. The average Bonchev–Trinajstić information content (AvgIpc) is 2.59. The van der Waals surface area contributed by atoms with Crippen LogP contribution in [-0.2, 0) is 23.8 Å². The van der Waals surface area contributed by atoms with Crippen LogP contribution >= 0.6 is 11.6 Å². The summed E-state index contributed by atoms with van der Waals surface area (Å²) >= 11 is 5.76. The fraction of sp³-hybridized carbons (Fsp3) is 0.500. The van der Waals surface area contributed by atoms with Gasteiger partial charge in [-0.1, -0.05) is 11.6 Å². The maximum Gasteiger partial charge on any atom is 0.511 e. The van der Waals surface area contributed by atoms with Crippen LogP contribution in [0.25, 0.3) is 0 Å². The Morgan fingerprint density at radius 2 is 1.68 bits per heavy atom. The van der Waals surface area contributed by atoms with Crippen LogP contribution in [0, 0.1) is 0 Å². The minimum Gasteiger partial charge on any atom is -0.427 e. The summed E-state index contributed by atoms with van der Waals surface area (Å²) in [5.41, 5.74) is 5.43. The van der Waals surface area contributed by atoms with Gasteiger partial charge in [-0.25, -0.2) is 15.1 Å². The third-order valence-electron chi connectivity index (χ3n) is 3.38. The van der Waals surface area contributed by atoms with Crippen molar-refractivity contribution in [3.8, 4) is 0 Å². The van der Waals surface area contributed by atoms with Crippen molar-refractivity contribution in [2.45, 2.75) is 52.1 Å². The largest absolute Gasteiger partial charge is 0.511 e. The smallest absolute Gasteiger partial charge is 0.427 e. The molecule has 10 heteroatoms. The maximum absolute atomic E-state index is 12.2. The van der Waals surface area contributed by atoms with Crippen LogP contribution in [0.4, 0.5) is 4.79 Å². The third kappa shape index (κ3) is 7.71. The van der Waals surface area contributed by atoms with E-state index in [9.17, 15) is 14.4 Å². The first-order valence-electron chi connectivity index (χ1n) is 8.41. The second-order valence-corrected chi connectivity index (χ2v) is 7.39. The minimum absolute atomic E-state index is 0.0878. The number of hydrogen-bond donors (Lipinski definition) is 2. The number of ether oxygens (including phenoxy) is 3. The number of carbonyl (C=O) groups is 3. The third-order valence-corrected chi connectivity index (χ3v) is 3.64. The second kappa shape index (κ2) is 9.72. The number of hydrogen-bond acceptors (Lipinski definition) is 8. The number of nitrogens with one attached hydrogen (secondary N) is 1. The summed E-state index contributed by atoms with van der Waals surface area (Å²) in [6.45, 7) is 7.37. The van der Waals surface area contributed by atoms with Crippen molar-refractivity contribution in [2.75, 3.05) is 6.54 Å². The molecule has 156 valence electrons. The highest BCUT2D eigenvalue weighted by Crippen LogP contribution is 2.15. The molecule has 0 aromatic heterocycles. The highest BCUT2D eigenvalue weighted by atomic mass is 35.5. The van der Waals surface area contributed by atoms with Crippen LogP contribution in [0.15, 0.2) is 24.3 Å². The first-order chi connectivity index (χ1) is 12.9. The van der Waals surface area contributed by atoms with Gasteiger partial charge in [0.15, 0.2) is 5.60 Å². The monoisotopic (exact) mass is 416 g/mol. The number of esters is 1. The van der Waals surface area contributed by atoms with Gasteiger partial charge in [0, 0.05) is 24.1 Å². The highest BCUT2D eigenvalue weighted by molar-refractivity contribution is 6.30. The quantitative estimate of drug-likeness (QED) is 0.376. The van der Waals surface area contributed by atoms with Gasteiger partial charge in [0.1, 0.15) is 5.60 Å². The van der Waals surface area contributed by atoms with Gasteiger partial charge < -0.3 is 19.9 Å². The van der Waals surface area contributed by atoms with Crippen molar-refractivity contribution in [3.63, 3.8) is 0 Å². The molecule has 1 aromatic carbocycles. The van der Waals surface area contributed by atoms with Crippen molar-refractivity contribution < 1.29 is 33.4 Å². The van der Waals surface area contributed by atoms with E-state index in [-0.39, 0.29) is 12.1 Å². The second-order valence-electron chi connectivity index (χ2n) is 6.96. The summed E-state index contributed by atoms with van der Waals surface area (Å²) in [5.74, 6) is -1.45. The van der Waals surface area contributed by atoms with Crippen molar-refractivity contribution in [1.82, 2.24) is 5.48 Å². The molecule has 0 heterocycles. The number of nitrogens with two attached hydrogens (primary N) is 1. The van der Waals surface area contributed by atoms with Crippen molar-refractivity contribution in [1.29, 1.82) is 0 Å². The molecule has 1 amide bonds. The summed E-state index contributed by atoms with van der Waals surface area (Å²) in [7, 11) is 0. The lowest BCUT2D eigenvalue weighted by Crippen LogP contribution is -2.44. The van der Waals surface area contributed by atoms with Crippen molar-refractivity contribution in [3.05, 3.63) is 34.9 Å². The minimum atomic E-state index is -1.56. The van der Waals surface area contributed by atoms with Gasteiger partial charge in [-0.3, -0.25) is 9.63 Å². The summed E-state index contributed by atoms with van der Waals surface area (Å²) < 4.78 is 14.8.